The highest BCUT2D eigenvalue weighted by molar-refractivity contribution is 5.77. The lowest BCUT2D eigenvalue weighted by molar-refractivity contribution is -0.135. The number of carbonyl (C=O) groups is 1. The van der Waals surface area contributed by atoms with Crippen molar-refractivity contribution in [1.82, 2.24) is 0 Å². The number of ether oxygens (including phenoxy) is 4. The molecule has 0 unspecified atom stereocenters. The molecule has 1 aromatic heterocycles. The first kappa shape index (κ1) is 16.9. The summed E-state index contributed by atoms with van der Waals surface area (Å²) in [4.78, 5) is 24.4. The highest BCUT2D eigenvalue weighted by Gasteiger charge is 2.33. The van der Waals surface area contributed by atoms with Crippen molar-refractivity contribution in [3.63, 3.8) is 0 Å². The minimum Gasteiger partial charge on any atom is -0.493 e. The van der Waals surface area contributed by atoms with Crippen LogP contribution in [0.25, 0.3) is 0 Å². The molecule has 0 N–H and O–H groups in total. The molecule has 1 atom stereocenters. The summed E-state index contributed by atoms with van der Waals surface area (Å²) in [6.07, 6.45) is 0.0134. The normalized spacial score (nSPS) is 16.0. The lowest BCUT2D eigenvalue weighted by atomic mass is 9.87. The molecule has 2 heterocycles. The second kappa shape index (κ2) is 6.51. The van der Waals surface area contributed by atoms with Crippen LogP contribution in [0.3, 0.4) is 0 Å². The van der Waals surface area contributed by atoms with Gasteiger partial charge < -0.3 is 23.4 Å². The van der Waals surface area contributed by atoms with Crippen molar-refractivity contribution in [1.29, 1.82) is 0 Å². The Kier molecular flexibility index (Phi) is 4.39. The third kappa shape index (κ3) is 2.93. The van der Waals surface area contributed by atoms with Gasteiger partial charge in [-0.2, -0.15) is 0 Å². The zero-order chi connectivity index (χ0) is 18.1. The number of hydrogen-bond acceptors (Lipinski definition) is 7. The van der Waals surface area contributed by atoms with Gasteiger partial charge in [-0.25, -0.2) is 4.79 Å². The zero-order valence-electron chi connectivity index (χ0n) is 14.4. The molecule has 1 aromatic carbocycles. The first-order valence-electron chi connectivity index (χ1n) is 7.63. The number of methoxy groups -OCH3 is 3. The summed E-state index contributed by atoms with van der Waals surface area (Å²) in [5, 5.41) is 0. The maximum atomic E-state index is 12.4. The second-order valence-electron chi connectivity index (χ2n) is 5.61. The molecular formula is C18H18O7. The molecule has 7 heteroatoms. The summed E-state index contributed by atoms with van der Waals surface area (Å²) >= 11 is 0. The molecule has 0 radical (unpaired) electrons. The summed E-state index contributed by atoms with van der Waals surface area (Å²) in [5.74, 6) is 0.967. The molecule has 0 fully saturated rings. The minimum absolute atomic E-state index is 0.0134. The topological polar surface area (TPSA) is 84.2 Å². The smallest absolute Gasteiger partial charge is 0.343 e. The van der Waals surface area contributed by atoms with Gasteiger partial charge in [0.2, 0.25) is 5.75 Å². The monoisotopic (exact) mass is 346 g/mol. The van der Waals surface area contributed by atoms with Gasteiger partial charge in [-0.05, 0) is 24.6 Å². The number of esters is 1. The fourth-order valence-corrected chi connectivity index (χ4v) is 3.01. The van der Waals surface area contributed by atoms with Crippen molar-refractivity contribution < 1.29 is 28.2 Å². The quantitative estimate of drug-likeness (QED) is 0.786. The van der Waals surface area contributed by atoms with Crippen molar-refractivity contribution in [2.45, 2.75) is 19.3 Å². The first-order chi connectivity index (χ1) is 12.0. The van der Waals surface area contributed by atoms with Crippen LogP contribution in [0.1, 0.15) is 29.2 Å². The van der Waals surface area contributed by atoms with Crippen LogP contribution >= 0.6 is 0 Å². The van der Waals surface area contributed by atoms with Crippen LogP contribution in [0.4, 0.5) is 0 Å². The highest BCUT2D eigenvalue weighted by atomic mass is 16.5. The predicted molar refractivity (Wildman–Crippen MR) is 87.9 cm³/mol. The van der Waals surface area contributed by atoms with E-state index in [2.05, 4.69) is 0 Å². The molecular weight excluding hydrogens is 328 g/mol. The molecule has 3 rings (SSSR count). The lowest BCUT2D eigenvalue weighted by Gasteiger charge is -2.24. The predicted octanol–water partition coefficient (Wildman–Crippen LogP) is 2.42. The van der Waals surface area contributed by atoms with Crippen molar-refractivity contribution in [2.75, 3.05) is 21.3 Å². The number of benzene rings is 1. The lowest BCUT2D eigenvalue weighted by Crippen LogP contribution is -2.26. The maximum absolute atomic E-state index is 12.4. The number of carbonyl (C=O) groups excluding carboxylic acids is 1. The minimum atomic E-state index is -0.527. The third-order valence-corrected chi connectivity index (χ3v) is 4.11. The van der Waals surface area contributed by atoms with Crippen molar-refractivity contribution in [2.24, 2.45) is 0 Å². The van der Waals surface area contributed by atoms with Gasteiger partial charge in [0, 0.05) is 12.0 Å². The van der Waals surface area contributed by atoms with Crippen LogP contribution in [0.5, 0.6) is 23.0 Å². The summed E-state index contributed by atoms with van der Waals surface area (Å²) in [5.41, 5.74) is 0.448. The van der Waals surface area contributed by atoms with Crippen LogP contribution in [0, 0.1) is 6.92 Å². The third-order valence-electron chi connectivity index (χ3n) is 4.11. The van der Waals surface area contributed by atoms with E-state index in [1.165, 1.54) is 21.3 Å². The van der Waals surface area contributed by atoms with Gasteiger partial charge in [0.1, 0.15) is 11.5 Å². The van der Waals surface area contributed by atoms with Crippen LogP contribution < -0.4 is 24.6 Å². The maximum Gasteiger partial charge on any atom is 0.343 e. The van der Waals surface area contributed by atoms with Crippen LogP contribution in [0.2, 0.25) is 0 Å². The fraction of sp³-hybridized carbons (Fsp3) is 0.333. The Balaban J connectivity index is 2.21. The number of rotatable bonds is 4. The van der Waals surface area contributed by atoms with Crippen LogP contribution in [-0.4, -0.2) is 27.3 Å². The van der Waals surface area contributed by atoms with Crippen molar-refractivity contribution in [3.05, 3.63) is 45.5 Å². The van der Waals surface area contributed by atoms with Gasteiger partial charge in [-0.15, -0.1) is 0 Å². The van der Waals surface area contributed by atoms with E-state index in [-0.39, 0.29) is 12.2 Å². The molecule has 2 aromatic rings. The van der Waals surface area contributed by atoms with Gasteiger partial charge in [-0.3, -0.25) is 4.79 Å². The molecule has 7 nitrogen and oxygen atoms in total. The van der Waals surface area contributed by atoms with E-state index >= 15 is 0 Å². The zero-order valence-corrected chi connectivity index (χ0v) is 14.4. The van der Waals surface area contributed by atoms with Crippen molar-refractivity contribution >= 4 is 5.97 Å². The Morgan fingerprint density at radius 2 is 1.64 bits per heavy atom. The van der Waals surface area contributed by atoms with Crippen LogP contribution in [-0.2, 0) is 4.79 Å². The Bertz CT molecular complexity index is 856. The standard InChI is InChI=1S/C18H18O7/c1-9-5-12-16(18(20)24-9)11(8-15(19)25-12)10-6-13(21-2)17(23-4)14(7-10)22-3/h5-7,11H,8H2,1-4H3/t11-/m1/s1. The molecule has 0 spiro atoms. The van der Waals surface area contributed by atoms with E-state index in [4.69, 9.17) is 23.4 Å². The van der Waals surface area contributed by atoms with E-state index < -0.39 is 17.5 Å². The Labute approximate surface area is 144 Å². The SMILES string of the molecule is COc1cc([C@H]2CC(=O)Oc3cc(C)oc(=O)c32)cc(OC)c1OC. The molecule has 25 heavy (non-hydrogen) atoms. The number of hydrogen-bond donors (Lipinski definition) is 0. The summed E-state index contributed by atoms with van der Waals surface area (Å²) in [6, 6.07) is 4.97. The average Bonchev–Trinajstić information content (AvgIpc) is 2.58. The Morgan fingerprint density at radius 1 is 1.00 bits per heavy atom. The molecule has 0 bridgehead atoms. The highest BCUT2D eigenvalue weighted by Crippen LogP contribution is 2.44. The van der Waals surface area contributed by atoms with Gasteiger partial charge in [0.15, 0.2) is 11.5 Å². The van der Waals surface area contributed by atoms with E-state index in [0.29, 0.717) is 34.1 Å². The molecule has 0 saturated carbocycles. The summed E-state index contributed by atoms with van der Waals surface area (Å²) in [7, 11) is 4.51. The molecule has 0 saturated heterocycles. The average molecular weight is 346 g/mol. The molecule has 0 aliphatic carbocycles. The summed E-state index contributed by atoms with van der Waals surface area (Å²) in [6.45, 7) is 1.62. The van der Waals surface area contributed by atoms with E-state index in [9.17, 15) is 9.59 Å². The van der Waals surface area contributed by atoms with Crippen LogP contribution in [0.15, 0.2) is 27.4 Å². The van der Waals surface area contributed by atoms with Gasteiger partial charge >= 0.3 is 11.6 Å². The first-order valence-corrected chi connectivity index (χ1v) is 7.63. The fourth-order valence-electron chi connectivity index (χ4n) is 3.01. The summed E-state index contributed by atoms with van der Waals surface area (Å²) < 4.78 is 26.4. The molecule has 1 aliphatic heterocycles. The number of aryl methyl sites for hydroxylation is 1. The van der Waals surface area contributed by atoms with E-state index in [0.717, 1.165) is 0 Å². The van der Waals surface area contributed by atoms with E-state index in [1.54, 1.807) is 25.1 Å². The van der Waals surface area contributed by atoms with Gasteiger partial charge in [0.05, 0.1) is 33.3 Å². The Morgan fingerprint density at radius 3 is 2.20 bits per heavy atom. The second-order valence-corrected chi connectivity index (χ2v) is 5.61. The molecule has 132 valence electrons. The Hall–Kier alpha value is -2.96. The number of fused-ring (bicyclic) bond motifs is 1. The molecule has 0 amide bonds. The largest absolute Gasteiger partial charge is 0.493 e. The molecule has 1 aliphatic rings. The van der Waals surface area contributed by atoms with E-state index in [1.807, 2.05) is 0 Å². The van der Waals surface area contributed by atoms with Crippen molar-refractivity contribution in [3.8, 4) is 23.0 Å². The van der Waals surface area contributed by atoms with Gasteiger partial charge in [-0.1, -0.05) is 0 Å². The van der Waals surface area contributed by atoms with Gasteiger partial charge in [0.25, 0.3) is 0 Å².